The van der Waals surface area contributed by atoms with Gasteiger partial charge in [-0.25, -0.2) is 4.79 Å². The van der Waals surface area contributed by atoms with Crippen LogP contribution >= 0.6 is 22.6 Å². The van der Waals surface area contributed by atoms with Gasteiger partial charge in [-0.2, -0.15) is 0 Å². The first kappa shape index (κ1) is 12.0. The summed E-state index contributed by atoms with van der Waals surface area (Å²) in [6.07, 6.45) is 0. The first-order valence-corrected chi connectivity index (χ1v) is 3.15. The number of aliphatic carboxylic acids is 1. The number of hydrogen-bond donors (Lipinski definition) is 0. The fourth-order valence-corrected chi connectivity index (χ4v) is 0.391. The van der Waals surface area contributed by atoms with Gasteiger partial charge in [0.25, 0.3) is 0 Å². The largest absolute Gasteiger partial charge is 1.00 e. The van der Waals surface area contributed by atoms with E-state index in [1.807, 2.05) is 0 Å². The summed E-state index contributed by atoms with van der Waals surface area (Å²) in [4.78, 5) is 19.4. The van der Waals surface area contributed by atoms with E-state index in [4.69, 9.17) is 0 Å². The van der Waals surface area contributed by atoms with Gasteiger partial charge in [0.2, 0.25) is 0 Å². The van der Waals surface area contributed by atoms with Crippen molar-refractivity contribution in [3.05, 3.63) is 0 Å². The molecule has 0 aliphatic heterocycles. The summed E-state index contributed by atoms with van der Waals surface area (Å²) in [5.41, 5.74) is 0. The molecule has 0 atom stereocenters. The molecule has 0 aliphatic carbocycles. The maximum absolute atomic E-state index is 9.85. The van der Waals surface area contributed by atoms with Gasteiger partial charge >= 0.3 is 24.8 Å². The van der Waals surface area contributed by atoms with Crippen molar-refractivity contribution in [1.82, 2.24) is 0 Å². The Bertz CT molecular complexity index is 114. The second kappa shape index (κ2) is 6.39. The van der Waals surface area contributed by atoms with E-state index >= 15 is 0 Å². The second-order valence-corrected chi connectivity index (χ2v) is 1.45. The number of hydrogen-bond acceptors (Lipinski definition) is 4. The number of carboxylic acids is 1. The monoisotopic (exact) mass is 236 g/mol. The minimum Gasteiger partial charge on any atom is -0.539 e. The summed E-state index contributed by atoms with van der Waals surface area (Å²) in [5.74, 6) is -3.12. The van der Waals surface area contributed by atoms with Crippen LogP contribution in [0.3, 0.4) is 0 Å². The van der Waals surface area contributed by atoms with Gasteiger partial charge in [-0.05, 0) is 22.6 Å². The van der Waals surface area contributed by atoms with E-state index in [-0.39, 0.29) is 23.5 Å². The summed E-state index contributed by atoms with van der Waals surface area (Å²) >= 11 is 1.70. The number of carbonyl (C=O) groups excluding carboxylic acids is 2. The zero-order chi connectivity index (χ0) is 6.57. The van der Waals surface area contributed by atoms with Gasteiger partial charge in [-0.1, -0.05) is 0 Å². The van der Waals surface area contributed by atoms with E-state index < -0.39 is 11.9 Å². The first-order valence-electron chi connectivity index (χ1n) is 1.62. The zero-order valence-electron chi connectivity index (χ0n) is 4.72. The number of carboxylic acid groups (broad SMARTS) is 1. The average Bonchev–Trinajstić information content (AvgIpc) is 1.67. The molecule has 4 nitrogen and oxygen atoms in total. The van der Waals surface area contributed by atoms with E-state index in [0.29, 0.717) is 0 Å². The Morgan fingerprint density at radius 2 is 2.00 bits per heavy atom. The molecule has 0 bridgehead atoms. The van der Waals surface area contributed by atoms with Gasteiger partial charge in [0.1, 0.15) is 4.61 Å². The molecule has 0 spiro atoms. The number of ether oxygens (including phenoxy) is 1. The van der Waals surface area contributed by atoms with Crippen LogP contribution in [-0.2, 0) is 14.3 Å². The predicted molar refractivity (Wildman–Crippen MR) is 30.0 cm³/mol. The van der Waals surface area contributed by atoms with E-state index in [9.17, 15) is 14.7 Å². The molecule has 0 aromatic carbocycles. The van der Waals surface area contributed by atoms with Crippen LogP contribution in [0.25, 0.3) is 0 Å². The first-order chi connectivity index (χ1) is 3.68. The minimum absolute atomic E-state index is 0. The van der Waals surface area contributed by atoms with Crippen molar-refractivity contribution in [3.63, 3.8) is 0 Å². The van der Waals surface area contributed by atoms with E-state index in [1.165, 1.54) is 0 Å². The normalized spacial score (nSPS) is 7.22. The maximum Gasteiger partial charge on any atom is 1.00 e. The molecule has 0 aromatic rings. The quantitative estimate of drug-likeness (QED) is 0.152. The van der Waals surface area contributed by atoms with Crippen molar-refractivity contribution in [2.24, 2.45) is 0 Å². The molecule has 0 N–H and O–H groups in total. The third kappa shape index (κ3) is 6.15. The van der Waals surface area contributed by atoms with Crippen LogP contribution in [0.1, 0.15) is 0 Å². The molecule has 9 heavy (non-hydrogen) atoms. The van der Waals surface area contributed by atoms with Gasteiger partial charge < -0.3 is 14.6 Å². The third-order valence-corrected chi connectivity index (χ3v) is 0.664. The van der Waals surface area contributed by atoms with Crippen LogP contribution in [0.2, 0.25) is 0 Å². The van der Waals surface area contributed by atoms with Crippen LogP contribution in [0, 0.1) is 0 Å². The fraction of sp³-hybridized carbons (Fsp3) is 0.333. The molecule has 0 unspecified atom stereocenters. The van der Waals surface area contributed by atoms with Crippen LogP contribution in [0.4, 0.5) is 0 Å². The predicted octanol–water partition coefficient (Wildman–Crippen LogP) is -4.32. The Labute approximate surface area is 77.3 Å². The summed E-state index contributed by atoms with van der Waals surface area (Å²) in [5, 5.41) is 9.50. The molecule has 0 saturated carbocycles. The molecule has 0 saturated heterocycles. The third-order valence-electron chi connectivity index (χ3n) is 0.352. The second-order valence-electron chi connectivity index (χ2n) is 0.828. The van der Waals surface area contributed by atoms with Crippen molar-refractivity contribution in [2.75, 3.05) is 4.61 Å². The topological polar surface area (TPSA) is 66.4 Å². The molecule has 0 fully saturated rings. The SMILES string of the molecule is O=C([O-])C(=O)OCI.[Li+]. The van der Waals surface area contributed by atoms with Crippen molar-refractivity contribution in [2.45, 2.75) is 0 Å². The van der Waals surface area contributed by atoms with E-state index in [2.05, 4.69) is 4.74 Å². The number of alkyl halides is 1. The number of rotatable bonds is 1. The molecule has 0 radical (unpaired) electrons. The summed E-state index contributed by atoms with van der Waals surface area (Å²) in [6.45, 7) is 0. The summed E-state index contributed by atoms with van der Waals surface area (Å²) < 4.78 is 4.02. The zero-order valence-corrected chi connectivity index (χ0v) is 6.88. The Morgan fingerprint density at radius 1 is 1.56 bits per heavy atom. The Morgan fingerprint density at radius 3 is 2.11 bits per heavy atom. The van der Waals surface area contributed by atoms with Gasteiger partial charge in [0.05, 0.1) is 0 Å². The van der Waals surface area contributed by atoms with Crippen LogP contribution < -0.4 is 24.0 Å². The van der Waals surface area contributed by atoms with Crippen molar-refractivity contribution in [3.8, 4) is 0 Å². The standard InChI is InChI=1S/C3H3IO4.Li/c4-1-8-3(7)2(5)6;/h1H2,(H,5,6);/q;+1/p-1. The number of carbonyl (C=O) groups is 2. The summed E-state index contributed by atoms with van der Waals surface area (Å²) in [6, 6.07) is 0. The maximum atomic E-state index is 9.85. The van der Waals surface area contributed by atoms with Gasteiger partial charge in [-0.3, -0.25) is 0 Å². The van der Waals surface area contributed by atoms with Crippen LogP contribution in [-0.4, -0.2) is 16.6 Å². The Balaban J connectivity index is 0. The van der Waals surface area contributed by atoms with Crippen LogP contribution in [0.5, 0.6) is 0 Å². The van der Waals surface area contributed by atoms with Gasteiger partial charge in [-0.15, -0.1) is 0 Å². The molecule has 0 amide bonds. The molecule has 6 heteroatoms. The van der Waals surface area contributed by atoms with Gasteiger partial charge in [0.15, 0.2) is 5.97 Å². The molecular weight excluding hydrogens is 234 g/mol. The van der Waals surface area contributed by atoms with E-state index in [0.717, 1.165) is 0 Å². The average molecular weight is 236 g/mol. The molecule has 0 aromatic heterocycles. The Kier molecular flexibility index (Phi) is 8.51. The van der Waals surface area contributed by atoms with Crippen molar-refractivity contribution in [1.29, 1.82) is 0 Å². The molecule has 0 heterocycles. The summed E-state index contributed by atoms with van der Waals surface area (Å²) in [7, 11) is 0. The van der Waals surface area contributed by atoms with Gasteiger partial charge in [0, 0.05) is 0 Å². The van der Waals surface area contributed by atoms with Crippen molar-refractivity contribution < 1.29 is 38.3 Å². The minimum atomic E-state index is -1.80. The smallest absolute Gasteiger partial charge is 0.539 e. The number of esters is 1. The molecule has 0 rings (SSSR count). The van der Waals surface area contributed by atoms with Crippen LogP contribution in [0.15, 0.2) is 0 Å². The Hall–Kier alpha value is 0.267. The van der Waals surface area contributed by atoms with E-state index in [1.54, 1.807) is 22.6 Å². The molecular formula is C3H2ILiO4. The number of halogens is 1. The van der Waals surface area contributed by atoms with Crippen molar-refractivity contribution >= 4 is 34.5 Å². The molecule has 46 valence electrons. The molecule has 0 aliphatic rings. The fourth-order valence-electron chi connectivity index (χ4n) is 0.108.